The topological polar surface area (TPSA) is 50.4 Å². The molecule has 3 nitrogen and oxygen atoms in total. The molecule has 0 spiro atoms. The van der Waals surface area contributed by atoms with Crippen LogP contribution in [0, 0.1) is 0 Å². The van der Waals surface area contributed by atoms with E-state index in [1.807, 2.05) is 24.3 Å². The Labute approximate surface area is 90.7 Å². The molecule has 15 heavy (non-hydrogen) atoms. The quantitative estimate of drug-likeness (QED) is 0.712. The molecule has 0 bridgehead atoms. The highest BCUT2D eigenvalue weighted by atomic mass is 15.1. The standard InChI is InChI=1S/C9H10.C3H7N3/c1-2-6-9-7-4-3-5-8-9;4-3-5-1-2-6-3/h2-5,7-8H,1,6H2;1-2H2,(H3,4,5,6). The van der Waals surface area contributed by atoms with Gasteiger partial charge in [0.2, 0.25) is 0 Å². The Morgan fingerprint density at radius 1 is 1.40 bits per heavy atom. The van der Waals surface area contributed by atoms with Crippen molar-refractivity contribution in [3.63, 3.8) is 0 Å². The molecule has 1 aromatic carbocycles. The number of nitrogens with two attached hydrogens (primary N) is 1. The van der Waals surface area contributed by atoms with E-state index in [0.29, 0.717) is 5.96 Å². The minimum Gasteiger partial charge on any atom is -0.370 e. The Morgan fingerprint density at radius 3 is 2.53 bits per heavy atom. The van der Waals surface area contributed by atoms with Gasteiger partial charge in [0.05, 0.1) is 6.54 Å². The molecule has 0 aliphatic carbocycles. The van der Waals surface area contributed by atoms with Crippen molar-refractivity contribution < 1.29 is 0 Å². The zero-order valence-corrected chi connectivity index (χ0v) is 8.82. The Kier molecular flexibility index (Phi) is 5.01. The van der Waals surface area contributed by atoms with Crippen LogP contribution in [0.25, 0.3) is 0 Å². The second kappa shape index (κ2) is 6.65. The lowest BCUT2D eigenvalue weighted by Crippen LogP contribution is -2.26. The van der Waals surface area contributed by atoms with E-state index in [0.717, 1.165) is 19.5 Å². The molecule has 1 aromatic rings. The normalized spacial score (nSPS) is 13.2. The summed E-state index contributed by atoms with van der Waals surface area (Å²) in [7, 11) is 0. The van der Waals surface area contributed by atoms with Gasteiger partial charge in [0.1, 0.15) is 0 Å². The molecule has 3 heteroatoms. The summed E-state index contributed by atoms with van der Waals surface area (Å²) >= 11 is 0. The Balaban J connectivity index is 0.000000162. The van der Waals surface area contributed by atoms with E-state index in [1.54, 1.807) is 0 Å². The Bertz CT molecular complexity index is 317. The molecule has 0 saturated carbocycles. The number of aliphatic imine (C=N–C) groups is 1. The van der Waals surface area contributed by atoms with E-state index in [4.69, 9.17) is 5.73 Å². The summed E-state index contributed by atoms with van der Waals surface area (Å²) in [5, 5.41) is 2.85. The third-order valence-electron chi connectivity index (χ3n) is 1.92. The van der Waals surface area contributed by atoms with Crippen LogP contribution in [-0.4, -0.2) is 19.0 Å². The molecule has 1 aliphatic rings. The number of nitrogens with one attached hydrogen (secondary N) is 1. The minimum absolute atomic E-state index is 0.579. The highest BCUT2D eigenvalue weighted by Gasteiger charge is 1.94. The van der Waals surface area contributed by atoms with Crippen molar-refractivity contribution in [3.05, 3.63) is 48.6 Å². The smallest absolute Gasteiger partial charge is 0.188 e. The molecular weight excluding hydrogens is 186 g/mol. The van der Waals surface area contributed by atoms with Gasteiger partial charge in [-0.1, -0.05) is 36.4 Å². The molecule has 1 heterocycles. The van der Waals surface area contributed by atoms with Crippen LogP contribution in [0.15, 0.2) is 48.0 Å². The van der Waals surface area contributed by atoms with Crippen LogP contribution in [0.2, 0.25) is 0 Å². The van der Waals surface area contributed by atoms with E-state index in [1.165, 1.54) is 5.56 Å². The molecule has 0 amide bonds. The first kappa shape index (κ1) is 11.3. The largest absolute Gasteiger partial charge is 0.370 e. The molecule has 0 aromatic heterocycles. The summed E-state index contributed by atoms with van der Waals surface area (Å²) < 4.78 is 0. The van der Waals surface area contributed by atoms with Crippen molar-refractivity contribution in [2.24, 2.45) is 10.7 Å². The summed E-state index contributed by atoms with van der Waals surface area (Å²) in [6.45, 7) is 5.40. The van der Waals surface area contributed by atoms with Gasteiger partial charge in [0.25, 0.3) is 0 Å². The number of hydrogen-bond donors (Lipinski definition) is 2. The van der Waals surface area contributed by atoms with Crippen LogP contribution < -0.4 is 11.1 Å². The molecule has 0 radical (unpaired) electrons. The van der Waals surface area contributed by atoms with Gasteiger partial charge in [-0.05, 0) is 12.0 Å². The van der Waals surface area contributed by atoms with E-state index in [9.17, 15) is 0 Å². The molecule has 0 fully saturated rings. The molecule has 1 aliphatic heterocycles. The number of allylic oxidation sites excluding steroid dienone is 1. The van der Waals surface area contributed by atoms with Gasteiger partial charge in [-0.25, -0.2) is 0 Å². The maximum atomic E-state index is 5.17. The second-order valence-electron chi connectivity index (χ2n) is 3.17. The van der Waals surface area contributed by atoms with E-state index >= 15 is 0 Å². The number of rotatable bonds is 2. The zero-order chi connectivity index (χ0) is 10.9. The summed E-state index contributed by atoms with van der Waals surface area (Å²) in [6, 6.07) is 10.3. The van der Waals surface area contributed by atoms with Crippen molar-refractivity contribution >= 4 is 5.96 Å². The van der Waals surface area contributed by atoms with Gasteiger partial charge in [-0.2, -0.15) is 0 Å². The highest BCUT2D eigenvalue weighted by Crippen LogP contribution is 1.98. The van der Waals surface area contributed by atoms with Crippen molar-refractivity contribution in [3.8, 4) is 0 Å². The van der Waals surface area contributed by atoms with Crippen LogP contribution >= 0.6 is 0 Å². The molecular formula is C12H17N3. The molecule has 80 valence electrons. The van der Waals surface area contributed by atoms with Gasteiger partial charge in [-0.15, -0.1) is 6.58 Å². The van der Waals surface area contributed by atoms with Gasteiger partial charge in [-0.3, -0.25) is 4.99 Å². The first-order valence-electron chi connectivity index (χ1n) is 5.01. The summed E-state index contributed by atoms with van der Waals surface area (Å²) in [6.07, 6.45) is 2.89. The SMILES string of the molecule is C=CCc1ccccc1.NC1=NCCN1. The van der Waals surface area contributed by atoms with Crippen molar-refractivity contribution in [1.29, 1.82) is 0 Å². The average Bonchev–Trinajstić information content (AvgIpc) is 2.72. The van der Waals surface area contributed by atoms with Crippen LogP contribution in [0.3, 0.4) is 0 Å². The molecule has 0 unspecified atom stereocenters. The molecule has 2 rings (SSSR count). The van der Waals surface area contributed by atoms with Crippen molar-refractivity contribution in [2.75, 3.05) is 13.1 Å². The predicted molar refractivity (Wildman–Crippen MR) is 64.8 cm³/mol. The Hall–Kier alpha value is -1.77. The number of hydrogen-bond acceptors (Lipinski definition) is 3. The summed E-state index contributed by atoms with van der Waals surface area (Å²) in [5.41, 5.74) is 6.50. The first-order chi connectivity index (χ1) is 7.33. The maximum Gasteiger partial charge on any atom is 0.188 e. The fourth-order valence-electron chi connectivity index (χ4n) is 1.20. The van der Waals surface area contributed by atoms with E-state index < -0.39 is 0 Å². The number of nitrogens with zero attached hydrogens (tertiary/aromatic N) is 1. The second-order valence-corrected chi connectivity index (χ2v) is 3.17. The van der Waals surface area contributed by atoms with E-state index in [2.05, 4.69) is 29.0 Å². The van der Waals surface area contributed by atoms with Crippen LogP contribution in [0.1, 0.15) is 5.56 Å². The predicted octanol–water partition coefficient (Wildman–Crippen LogP) is 1.32. The highest BCUT2D eigenvalue weighted by molar-refractivity contribution is 5.79. The third kappa shape index (κ3) is 4.86. The zero-order valence-electron chi connectivity index (χ0n) is 8.82. The van der Waals surface area contributed by atoms with Crippen LogP contribution in [0.4, 0.5) is 0 Å². The molecule has 3 N–H and O–H groups in total. The van der Waals surface area contributed by atoms with Crippen molar-refractivity contribution in [1.82, 2.24) is 5.32 Å². The maximum absolute atomic E-state index is 5.17. The lowest BCUT2D eigenvalue weighted by atomic mass is 10.2. The molecule has 0 atom stereocenters. The van der Waals surface area contributed by atoms with E-state index in [-0.39, 0.29) is 0 Å². The van der Waals surface area contributed by atoms with Crippen molar-refractivity contribution in [2.45, 2.75) is 6.42 Å². The van der Waals surface area contributed by atoms with Crippen LogP contribution in [0.5, 0.6) is 0 Å². The first-order valence-corrected chi connectivity index (χ1v) is 5.01. The van der Waals surface area contributed by atoms with Gasteiger partial charge in [0, 0.05) is 6.54 Å². The lowest BCUT2D eigenvalue weighted by molar-refractivity contribution is 0.957. The van der Waals surface area contributed by atoms with Crippen LogP contribution in [-0.2, 0) is 6.42 Å². The number of benzene rings is 1. The van der Waals surface area contributed by atoms with Gasteiger partial charge in [0.15, 0.2) is 5.96 Å². The lowest BCUT2D eigenvalue weighted by Gasteiger charge is -1.91. The fourth-order valence-corrected chi connectivity index (χ4v) is 1.20. The number of guanidine groups is 1. The monoisotopic (exact) mass is 203 g/mol. The average molecular weight is 203 g/mol. The summed E-state index contributed by atoms with van der Waals surface area (Å²) in [5.74, 6) is 0.579. The van der Waals surface area contributed by atoms with Gasteiger partial charge >= 0.3 is 0 Å². The summed E-state index contributed by atoms with van der Waals surface area (Å²) in [4.78, 5) is 3.82. The fraction of sp³-hybridized carbons (Fsp3) is 0.250. The third-order valence-corrected chi connectivity index (χ3v) is 1.92. The Morgan fingerprint density at radius 2 is 2.13 bits per heavy atom. The minimum atomic E-state index is 0.579. The molecule has 0 saturated heterocycles. The van der Waals surface area contributed by atoms with Gasteiger partial charge < -0.3 is 11.1 Å².